The van der Waals surface area contributed by atoms with Crippen molar-refractivity contribution in [3.8, 4) is 11.8 Å². The van der Waals surface area contributed by atoms with Crippen molar-refractivity contribution in [2.75, 3.05) is 6.61 Å². The van der Waals surface area contributed by atoms with Crippen LogP contribution in [0, 0.1) is 23.1 Å². The van der Waals surface area contributed by atoms with E-state index in [0.29, 0.717) is 23.1 Å². The normalized spacial score (nSPS) is 15.3. The lowest BCUT2D eigenvalue weighted by Crippen LogP contribution is -2.19. The Morgan fingerprint density at radius 3 is 2.56 bits per heavy atom. The molecule has 0 bridgehead atoms. The highest BCUT2D eigenvalue weighted by atomic mass is 35.5. The maximum absolute atomic E-state index is 15.4. The Bertz CT molecular complexity index is 1340. The maximum Gasteiger partial charge on any atom is 0.130 e. The summed E-state index contributed by atoms with van der Waals surface area (Å²) in [4.78, 5) is 0. The first-order chi connectivity index (χ1) is 16.6. The van der Waals surface area contributed by atoms with Crippen LogP contribution in [0.25, 0.3) is 16.6 Å². The van der Waals surface area contributed by atoms with E-state index in [1.165, 1.54) is 25.3 Å². The summed E-state index contributed by atoms with van der Waals surface area (Å²) >= 11 is 6.13. The first-order valence-corrected chi connectivity index (χ1v) is 12.1. The first-order valence-electron chi connectivity index (χ1n) is 11.7. The average Bonchev–Trinajstić information content (AvgIpc) is 3.25. The zero-order valence-corrected chi connectivity index (χ0v) is 19.5. The molecule has 1 atom stereocenters. The summed E-state index contributed by atoms with van der Waals surface area (Å²) in [6, 6.07) is 21.8. The maximum atomic E-state index is 15.4. The van der Waals surface area contributed by atoms with Gasteiger partial charge in [0.2, 0.25) is 0 Å². The first kappa shape index (κ1) is 22.6. The quantitative estimate of drug-likeness (QED) is 0.293. The van der Waals surface area contributed by atoms with E-state index < -0.39 is 11.9 Å². The molecule has 4 aromatic rings. The molecular formula is C28H25ClFN3O. The number of fused-ring (bicyclic) bond motifs is 1. The molecule has 0 aliphatic heterocycles. The van der Waals surface area contributed by atoms with Crippen LogP contribution in [0.4, 0.5) is 4.39 Å². The van der Waals surface area contributed by atoms with Crippen LogP contribution in [-0.2, 0) is 4.74 Å². The van der Waals surface area contributed by atoms with Gasteiger partial charge < -0.3 is 4.74 Å². The molecule has 3 aromatic carbocycles. The molecule has 0 radical (unpaired) electrons. The third-order valence-electron chi connectivity index (χ3n) is 6.57. The molecule has 1 heterocycles. The molecule has 6 heteroatoms. The lowest BCUT2D eigenvalue weighted by molar-refractivity contribution is 0.0374. The molecule has 34 heavy (non-hydrogen) atoms. The van der Waals surface area contributed by atoms with Crippen LogP contribution in [0.3, 0.4) is 0 Å². The van der Waals surface area contributed by atoms with Crippen molar-refractivity contribution >= 4 is 22.5 Å². The summed E-state index contributed by atoms with van der Waals surface area (Å²) in [6.07, 6.45) is 5.24. The molecule has 1 fully saturated rings. The fraction of sp³-hybridized carbons (Fsp3) is 0.286. The van der Waals surface area contributed by atoms with Crippen molar-refractivity contribution in [1.29, 1.82) is 5.26 Å². The number of rotatable bonds is 6. The van der Waals surface area contributed by atoms with Crippen molar-refractivity contribution in [3.63, 3.8) is 0 Å². The Kier molecular flexibility index (Phi) is 6.62. The van der Waals surface area contributed by atoms with Gasteiger partial charge in [-0.25, -0.2) is 9.07 Å². The number of benzene rings is 3. The zero-order chi connectivity index (χ0) is 23.5. The number of ether oxygens (including phenoxy) is 1. The van der Waals surface area contributed by atoms with Gasteiger partial charge in [0, 0.05) is 16.0 Å². The van der Waals surface area contributed by atoms with Gasteiger partial charge in [-0.1, -0.05) is 55.1 Å². The number of hydrogen-bond donors (Lipinski definition) is 0. The molecule has 1 aliphatic carbocycles. The van der Waals surface area contributed by atoms with Crippen LogP contribution in [0.2, 0.25) is 5.02 Å². The number of hydrogen-bond acceptors (Lipinski definition) is 3. The van der Waals surface area contributed by atoms with Crippen molar-refractivity contribution < 1.29 is 9.13 Å². The monoisotopic (exact) mass is 473 g/mol. The molecule has 1 saturated carbocycles. The highest BCUT2D eigenvalue weighted by Gasteiger charge is 2.28. The van der Waals surface area contributed by atoms with E-state index in [2.05, 4.69) is 0 Å². The molecular weight excluding hydrogens is 449 g/mol. The number of nitrogens with zero attached hydrogens (tertiary/aromatic N) is 3. The standard InChI is InChI=1S/C28H25ClFN3O/c29-21-11-13-22(14-12-21)33-27(24-8-4-5-9-26(24)32-33)28(34-18-19-6-2-1-3-7-19)23-15-10-20(17-31)16-25(23)30/h4-5,8-16,19,28H,1-3,6-7,18H2. The van der Waals surface area contributed by atoms with Crippen LogP contribution in [0.15, 0.2) is 66.7 Å². The summed E-state index contributed by atoms with van der Waals surface area (Å²) in [6.45, 7) is 0.546. The van der Waals surface area contributed by atoms with Crippen molar-refractivity contribution in [1.82, 2.24) is 9.78 Å². The van der Waals surface area contributed by atoms with E-state index in [9.17, 15) is 5.26 Å². The minimum absolute atomic E-state index is 0.281. The third-order valence-corrected chi connectivity index (χ3v) is 6.82. The van der Waals surface area contributed by atoms with E-state index in [1.807, 2.05) is 59.3 Å². The predicted molar refractivity (Wildman–Crippen MR) is 132 cm³/mol. The predicted octanol–water partition coefficient (Wildman–Crippen LogP) is 7.38. The molecule has 1 aromatic heterocycles. The minimum Gasteiger partial charge on any atom is -0.367 e. The SMILES string of the molecule is N#Cc1ccc(C(OCC2CCCCC2)c2c3ccccc3nn2-c2ccc(Cl)cc2)c(F)c1. The number of halogens is 2. The molecule has 0 saturated heterocycles. The summed E-state index contributed by atoms with van der Waals surface area (Å²) in [5, 5.41) is 15.6. The highest BCUT2D eigenvalue weighted by molar-refractivity contribution is 6.30. The van der Waals surface area contributed by atoms with Crippen molar-refractivity contribution in [3.05, 3.63) is 94.4 Å². The van der Waals surface area contributed by atoms with Gasteiger partial charge in [-0.05, 0) is 61.2 Å². The van der Waals surface area contributed by atoms with Crippen LogP contribution >= 0.6 is 11.6 Å². The van der Waals surface area contributed by atoms with E-state index in [1.54, 1.807) is 12.1 Å². The summed E-state index contributed by atoms with van der Waals surface area (Å²) in [7, 11) is 0. The van der Waals surface area contributed by atoms with Gasteiger partial charge in [0.1, 0.15) is 11.9 Å². The zero-order valence-electron chi connectivity index (χ0n) is 18.8. The van der Waals surface area contributed by atoms with Crippen LogP contribution in [0.5, 0.6) is 0 Å². The topological polar surface area (TPSA) is 50.8 Å². The van der Waals surface area contributed by atoms with Gasteiger partial charge in [-0.2, -0.15) is 10.4 Å². The van der Waals surface area contributed by atoms with Gasteiger partial charge in [-0.3, -0.25) is 0 Å². The molecule has 1 unspecified atom stereocenters. The average molecular weight is 474 g/mol. The Morgan fingerprint density at radius 2 is 1.82 bits per heavy atom. The van der Waals surface area contributed by atoms with Crippen LogP contribution in [0.1, 0.15) is 55.0 Å². The van der Waals surface area contributed by atoms with Crippen LogP contribution < -0.4 is 0 Å². The number of aromatic nitrogens is 2. The molecule has 172 valence electrons. The minimum atomic E-state index is -0.683. The van der Waals surface area contributed by atoms with E-state index >= 15 is 4.39 Å². The largest absolute Gasteiger partial charge is 0.367 e. The Morgan fingerprint density at radius 1 is 1.06 bits per heavy atom. The lowest BCUT2D eigenvalue weighted by atomic mass is 9.90. The Hall–Kier alpha value is -3.20. The lowest BCUT2D eigenvalue weighted by Gasteiger charge is -2.26. The van der Waals surface area contributed by atoms with Gasteiger partial charge in [0.25, 0.3) is 0 Å². The second-order valence-corrected chi connectivity index (χ2v) is 9.29. The fourth-order valence-corrected chi connectivity index (χ4v) is 4.92. The Balaban J connectivity index is 1.65. The van der Waals surface area contributed by atoms with Gasteiger partial charge >= 0.3 is 0 Å². The molecule has 5 rings (SSSR count). The molecule has 0 spiro atoms. The second kappa shape index (κ2) is 9.97. The molecule has 4 nitrogen and oxygen atoms in total. The van der Waals surface area contributed by atoms with Gasteiger partial charge in [0.15, 0.2) is 0 Å². The van der Waals surface area contributed by atoms with Crippen molar-refractivity contribution in [2.24, 2.45) is 5.92 Å². The van der Waals surface area contributed by atoms with Crippen molar-refractivity contribution in [2.45, 2.75) is 38.2 Å². The van der Waals surface area contributed by atoms with Gasteiger partial charge in [0.05, 0.1) is 35.1 Å². The number of nitriles is 1. The Labute approximate surface area is 203 Å². The molecule has 0 N–H and O–H groups in total. The third kappa shape index (κ3) is 4.57. The summed E-state index contributed by atoms with van der Waals surface area (Å²) in [5.41, 5.74) is 3.06. The smallest absolute Gasteiger partial charge is 0.130 e. The van der Waals surface area contributed by atoms with E-state index in [0.717, 1.165) is 35.1 Å². The second-order valence-electron chi connectivity index (χ2n) is 8.86. The molecule has 0 amide bonds. The van der Waals surface area contributed by atoms with E-state index in [4.69, 9.17) is 21.4 Å². The molecule has 1 aliphatic rings. The fourth-order valence-electron chi connectivity index (χ4n) is 4.80. The van der Waals surface area contributed by atoms with E-state index in [-0.39, 0.29) is 5.56 Å². The summed E-state index contributed by atoms with van der Waals surface area (Å²) in [5.74, 6) is -0.00325. The van der Waals surface area contributed by atoms with Crippen LogP contribution in [-0.4, -0.2) is 16.4 Å². The van der Waals surface area contributed by atoms with Gasteiger partial charge in [-0.15, -0.1) is 0 Å². The summed E-state index contributed by atoms with van der Waals surface area (Å²) < 4.78 is 23.7. The highest BCUT2D eigenvalue weighted by Crippen LogP contribution is 2.36.